The number of halogens is 1. The molecule has 2 rings (SSSR count). The van der Waals surface area contributed by atoms with Gasteiger partial charge in [-0.05, 0) is 43.0 Å². The standard InChI is InChI=1S/C19H23ClN2O3/c1-12(2)7-8-25-18-15(20)9-14(10-16(18)24-4)19(23)22-17-6-5-13(3)11-21-17/h5-6,9-12H,7-8H2,1-4H3,(H,21,22,23). The van der Waals surface area contributed by atoms with Crippen LogP contribution in [-0.4, -0.2) is 24.6 Å². The summed E-state index contributed by atoms with van der Waals surface area (Å²) in [6, 6.07) is 6.80. The molecule has 1 heterocycles. The van der Waals surface area contributed by atoms with Crippen LogP contribution in [0.4, 0.5) is 5.82 Å². The molecule has 0 aliphatic carbocycles. The number of carbonyl (C=O) groups excluding carboxylic acids is 1. The van der Waals surface area contributed by atoms with Crippen LogP contribution in [0.3, 0.4) is 0 Å². The van der Waals surface area contributed by atoms with Gasteiger partial charge >= 0.3 is 0 Å². The van der Waals surface area contributed by atoms with E-state index in [4.69, 9.17) is 21.1 Å². The van der Waals surface area contributed by atoms with E-state index >= 15 is 0 Å². The number of rotatable bonds is 7. The molecule has 0 aliphatic rings. The lowest BCUT2D eigenvalue weighted by Crippen LogP contribution is -2.13. The quantitative estimate of drug-likeness (QED) is 0.773. The number of aromatic nitrogens is 1. The second kappa shape index (κ2) is 8.72. The highest BCUT2D eigenvalue weighted by Crippen LogP contribution is 2.36. The molecule has 0 saturated heterocycles. The number of nitrogens with zero attached hydrogens (tertiary/aromatic N) is 1. The summed E-state index contributed by atoms with van der Waals surface area (Å²) in [6.07, 6.45) is 2.59. The van der Waals surface area contributed by atoms with Crippen molar-refractivity contribution in [3.05, 3.63) is 46.6 Å². The van der Waals surface area contributed by atoms with Crippen molar-refractivity contribution in [1.29, 1.82) is 0 Å². The second-order valence-corrected chi connectivity index (χ2v) is 6.60. The predicted octanol–water partition coefficient (Wildman–Crippen LogP) is 4.73. The van der Waals surface area contributed by atoms with Crippen LogP contribution in [0.5, 0.6) is 11.5 Å². The molecular formula is C19H23ClN2O3. The fourth-order valence-electron chi connectivity index (χ4n) is 2.12. The molecule has 1 amide bonds. The smallest absolute Gasteiger partial charge is 0.257 e. The maximum atomic E-state index is 12.4. The van der Waals surface area contributed by atoms with Crippen LogP contribution in [0.15, 0.2) is 30.5 Å². The Morgan fingerprint density at radius 2 is 2.08 bits per heavy atom. The summed E-state index contributed by atoms with van der Waals surface area (Å²) >= 11 is 6.30. The van der Waals surface area contributed by atoms with E-state index in [1.54, 1.807) is 24.4 Å². The first-order valence-electron chi connectivity index (χ1n) is 8.15. The fourth-order valence-corrected chi connectivity index (χ4v) is 2.38. The number of pyridine rings is 1. The van der Waals surface area contributed by atoms with Gasteiger partial charge in [-0.3, -0.25) is 4.79 Å². The minimum Gasteiger partial charge on any atom is -0.493 e. The van der Waals surface area contributed by atoms with E-state index in [1.807, 2.05) is 13.0 Å². The van der Waals surface area contributed by atoms with Gasteiger partial charge in [0.1, 0.15) is 5.82 Å². The molecule has 1 N–H and O–H groups in total. The van der Waals surface area contributed by atoms with Gasteiger partial charge in [0.05, 0.1) is 18.7 Å². The number of hydrogen-bond acceptors (Lipinski definition) is 4. The molecule has 0 fully saturated rings. The molecule has 25 heavy (non-hydrogen) atoms. The lowest BCUT2D eigenvalue weighted by Gasteiger charge is -2.15. The summed E-state index contributed by atoms with van der Waals surface area (Å²) in [7, 11) is 1.52. The summed E-state index contributed by atoms with van der Waals surface area (Å²) in [5, 5.41) is 3.07. The Labute approximate surface area is 153 Å². The van der Waals surface area contributed by atoms with Crippen LogP contribution in [-0.2, 0) is 0 Å². The Morgan fingerprint density at radius 1 is 1.32 bits per heavy atom. The maximum Gasteiger partial charge on any atom is 0.257 e. The van der Waals surface area contributed by atoms with Crippen LogP contribution in [0, 0.1) is 12.8 Å². The van der Waals surface area contributed by atoms with Gasteiger partial charge in [-0.25, -0.2) is 4.98 Å². The van der Waals surface area contributed by atoms with Crippen LogP contribution in [0.25, 0.3) is 0 Å². The third-order valence-electron chi connectivity index (χ3n) is 3.59. The van der Waals surface area contributed by atoms with Crippen LogP contribution in [0.1, 0.15) is 36.2 Å². The van der Waals surface area contributed by atoms with Crippen molar-refractivity contribution in [2.24, 2.45) is 5.92 Å². The molecule has 0 radical (unpaired) electrons. The normalized spacial score (nSPS) is 10.6. The van der Waals surface area contributed by atoms with Gasteiger partial charge in [0, 0.05) is 11.8 Å². The first kappa shape index (κ1) is 19.1. The monoisotopic (exact) mass is 362 g/mol. The summed E-state index contributed by atoms with van der Waals surface area (Å²) < 4.78 is 11.1. The Morgan fingerprint density at radius 3 is 2.68 bits per heavy atom. The topological polar surface area (TPSA) is 60.5 Å². The van der Waals surface area contributed by atoms with Crippen molar-refractivity contribution in [3.63, 3.8) is 0 Å². The largest absolute Gasteiger partial charge is 0.493 e. The highest BCUT2D eigenvalue weighted by atomic mass is 35.5. The Kier molecular flexibility index (Phi) is 6.65. The third kappa shape index (κ3) is 5.36. The first-order chi connectivity index (χ1) is 11.9. The van der Waals surface area contributed by atoms with E-state index in [0.29, 0.717) is 40.4 Å². The highest BCUT2D eigenvalue weighted by molar-refractivity contribution is 6.32. The zero-order valence-electron chi connectivity index (χ0n) is 14.9. The second-order valence-electron chi connectivity index (χ2n) is 6.20. The summed E-state index contributed by atoms with van der Waals surface area (Å²) in [5.74, 6) is 1.57. The number of ether oxygens (including phenoxy) is 2. The third-order valence-corrected chi connectivity index (χ3v) is 3.87. The molecule has 1 aromatic heterocycles. The molecule has 1 aromatic carbocycles. The number of hydrogen-bond donors (Lipinski definition) is 1. The SMILES string of the molecule is COc1cc(C(=O)Nc2ccc(C)cn2)cc(Cl)c1OCCC(C)C. The van der Waals surface area contributed by atoms with Gasteiger partial charge in [0.25, 0.3) is 5.91 Å². The van der Waals surface area contributed by atoms with E-state index in [1.165, 1.54) is 7.11 Å². The number of carbonyl (C=O) groups is 1. The fraction of sp³-hybridized carbons (Fsp3) is 0.368. The molecule has 0 unspecified atom stereocenters. The minimum absolute atomic E-state index is 0.315. The number of amides is 1. The van der Waals surface area contributed by atoms with Crippen LogP contribution >= 0.6 is 11.6 Å². The van der Waals surface area contributed by atoms with Crippen LogP contribution < -0.4 is 14.8 Å². The Bertz CT molecular complexity index is 730. The van der Waals surface area contributed by atoms with Crippen molar-refractivity contribution < 1.29 is 14.3 Å². The van der Waals surface area contributed by atoms with Gasteiger partial charge in [-0.2, -0.15) is 0 Å². The molecular weight excluding hydrogens is 340 g/mol. The number of methoxy groups -OCH3 is 1. The average molecular weight is 363 g/mol. The predicted molar refractivity (Wildman–Crippen MR) is 99.9 cm³/mol. The summed E-state index contributed by atoms with van der Waals surface area (Å²) in [4.78, 5) is 16.6. The zero-order chi connectivity index (χ0) is 18.4. The molecule has 0 aliphatic heterocycles. The zero-order valence-corrected chi connectivity index (χ0v) is 15.7. The van der Waals surface area contributed by atoms with Gasteiger partial charge in [-0.15, -0.1) is 0 Å². The molecule has 0 bridgehead atoms. The van der Waals surface area contributed by atoms with Gasteiger partial charge < -0.3 is 14.8 Å². The van der Waals surface area contributed by atoms with Gasteiger partial charge in [-0.1, -0.05) is 31.5 Å². The number of benzene rings is 1. The minimum atomic E-state index is -0.315. The van der Waals surface area contributed by atoms with Crippen molar-refractivity contribution >= 4 is 23.3 Å². The van der Waals surface area contributed by atoms with Crippen molar-refractivity contribution in [2.75, 3.05) is 19.0 Å². The Balaban J connectivity index is 2.16. The van der Waals surface area contributed by atoms with E-state index in [-0.39, 0.29) is 5.91 Å². The maximum absolute atomic E-state index is 12.4. The van der Waals surface area contributed by atoms with E-state index in [2.05, 4.69) is 24.1 Å². The first-order valence-corrected chi connectivity index (χ1v) is 8.53. The molecule has 5 nitrogen and oxygen atoms in total. The molecule has 2 aromatic rings. The number of anilines is 1. The van der Waals surface area contributed by atoms with Crippen molar-refractivity contribution in [1.82, 2.24) is 4.98 Å². The van der Waals surface area contributed by atoms with E-state index in [9.17, 15) is 4.79 Å². The highest BCUT2D eigenvalue weighted by Gasteiger charge is 2.16. The lowest BCUT2D eigenvalue weighted by atomic mass is 10.1. The lowest BCUT2D eigenvalue weighted by molar-refractivity contribution is 0.102. The molecule has 0 spiro atoms. The summed E-state index contributed by atoms with van der Waals surface area (Å²) in [6.45, 7) is 6.71. The summed E-state index contributed by atoms with van der Waals surface area (Å²) in [5.41, 5.74) is 1.39. The molecule has 0 atom stereocenters. The number of aryl methyl sites for hydroxylation is 1. The molecule has 0 saturated carbocycles. The van der Waals surface area contributed by atoms with Crippen molar-refractivity contribution in [2.45, 2.75) is 27.2 Å². The Hall–Kier alpha value is -2.27. The van der Waals surface area contributed by atoms with Gasteiger partial charge in [0.15, 0.2) is 11.5 Å². The molecule has 134 valence electrons. The number of nitrogens with one attached hydrogen (secondary N) is 1. The van der Waals surface area contributed by atoms with E-state index in [0.717, 1.165) is 12.0 Å². The average Bonchev–Trinajstić information content (AvgIpc) is 2.57. The van der Waals surface area contributed by atoms with Gasteiger partial charge in [0.2, 0.25) is 0 Å². The van der Waals surface area contributed by atoms with Crippen LogP contribution in [0.2, 0.25) is 5.02 Å². The van der Waals surface area contributed by atoms with Crippen molar-refractivity contribution in [3.8, 4) is 11.5 Å². The molecule has 6 heteroatoms. The van der Waals surface area contributed by atoms with E-state index < -0.39 is 0 Å².